The largest absolute Gasteiger partial charge is 0.278 e. The lowest BCUT2D eigenvalue weighted by molar-refractivity contribution is -0.0757. The summed E-state index contributed by atoms with van der Waals surface area (Å²) < 4.78 is 0.691. The molecule has 0 aliphatic rings. The van der Waals surface area contributed by atoms with Crippen LogP contribution in [0.15, 0.2) is 22.7 Å². The van der Waals surface area contributed by atoms with Crippen LogP contribution in [-0.2, 0) is 4.84 Å². The van der Waals surface area contributed by atoms with E-state index in [0.717, 1.165) is 5.06 Å². The second kappa shape index (κ2) is 4.77. The van der Waals surface area contributed by atoms with Crippen LogP contribution in [0.25, 0.3) is 0 Å². The minimum atomic E-state index is -0.248. The van der Waals surface area contributed by atoms with E-state index < -0.39 is 0 Å². The van der Waals surface area contributed by atoms with Gasteiger partial charge < -0.3 is 0 Å². The Morgan fingerprint density at radius 1 is 1.57 bits per heavy atom. The van der Waals surface area contributed by atoms with Gasteiger partial charge in [0.2, 0.25) is 0 Å². The topological polar surface area (TPSA) is 29.5 Å². The van der Waals surface area contributed by atoms with Gasteiger partial charge in [-0.2, -0.15) is 0 Å². The third-order valence-electron chi connectivity index (χ3n) is 1.72. The fourth-order valence-corrected chi connectivity index (χ4v) is 1.50. The van der Waals surface area contributed by atoms with E-state index in [9.17, 15) is 4.79 Å². The van der Waals surface area contributed by atoms with Crippen LogP contribution in [0.2, 0.25) is 5.02 Å². The van der Waals surface area contributed by atoms with Crippen molar-refractivity contribution in [2.24, 2.45) is 0 Å². The molecule has 1 rings (SSSR count). The van der Waals surface area contributed by atoms with Gasteiger partial charge in [0.15, 0.2) is 0 Å². The summed E-state index contributed by atoms with van der Waals surface area (Å²) in [6.07, 6.45) is 0. The zero-order valence-electron chi connectivity index (χ0n) is 7.75. The van der Waals surface area contributed by atoms with Crippen LogP contribution in [0.4, 0.5) is 0 Å². The Labute approximate surface area is 95.7 Å². The van der Waals surface area contributed by atoms with Gasteiger partial charge in [-0.3, -0.25) is 9.63 Å². The summed E-state index contributed by atoms with van der Waals surface area (Å²) in [5, 5.41) is 1.65. The minimum absolute atomic E-state index is 0.248. The number of nitrogens with zero attached hydrogens (tertiary/aromatic N) is 1. The summed E-state index contributed by atoms with van der Waals surface area (Å²) in [6.45, 7) is 0. The summed E-state index contributed by atoms with van der Waals surface area (Å²) in [5.74, 6) is -0.248. The van der Waals surface area contributed by atoms with Crippen LogP contribution >= 0.6 is 27.5 Å². The van der Waals surface area contributed by atoms with Crippen molar-refractivity contribution < 1.29 is 9.63 Å². The van der Waals surface area contributed by atoms with Crippen molar-refractivity contribution in [2.45, 2.75) is 0 Å². The molecule has 0 unspecified atom stereocenters. The first-order valence-electron chi connectivity index (χ1n) is 3.83. The molecule has 0 saturated carbocycles. The SMILES string of the molecule is CON(C)C(=O)c1cc(Cl)ccc1Br. The maximum absolute atomic E-state index is 11.7. The van der Waals surface area contributed by atoms with Gasteiger partial charge >= 0.3 is 0 Å². The molecule has 0 saturated heterocycles. The van der Waals surface area contributed by atoms with Gasteiger partial charge in [0, 0.05) is 16.5 Å². The van der Waals surface area contributed by atoms with Crippen molar-refractivity contribution in [3.05, 3.63) is 33.3 Å². The lowest BCUT2D eigenvalue weighted by Gasteiger charge is -2.14. The minimum Gasteiger partial charge on any atom is -0.274 e. The predicted octanol–water partition coefficient (Wildman–Crippen LogP) is 2.74. The molecule has 1 aromatic carbocycles. The van der Waals surface area contributed by atoms with Gasteiger partial charge in [0.05, 0.1) is 12.7 Å². The first kappa shape index (κ1) is 11.5. The molecule has 0 atom stereocenters. The Kier molecular flexibility index (Phi) is 3.92. The van der Waals surface area contributed by atoms with Crippen LogP contribution < -0.4 is 0 Å². The monoisotopic (exact) mass is 277 g/mol. The predicted molar refractivity (Wildman–Crippen MR) is 58.3 cm³/mol. The van der Waals surface area contributed by atoms with E-state index in [1.165, 1.54) is 14.2 Å². The van der Waals surface area contributed by atoms with Gasteiger partial charge in [-0.1, -0.05) is 11.6 Å². The molecule has 0 heterocycles. The van der Waals surface area contributed by atoms with E-state index >= 15 is 0 Å². The number of rotatable bonds is 2. The molecule has 0 aliphatic carbocycles. The summed E-state index contributed by atoms with van der Waals surface area (Å²) >= 11 is 9.04. The van der Waals surface area contributed by atoms with Crippen molar-refractivity contribution in [1.82, 2.24) is 5.06 Å². The van der Waals surface area contributed by atoms with Crippen LogP contribution in [0, 0.1) is 0 Å². The van der Waals surface area contributed by atoms with Gasteiger partial charge in [0.25, 0.3) is 5.91 Å². The normalized spacial score (nSPS) is 10.0. The van der Waals surface area contributed by atoms with Gasteiger partial charge in [0.1, 0.15) is 0 Å². The van der Waals surface area contributed by atoms with E-state index in [2.05, 4.69) is 15.9 Å². The van der Waals surface area contributed by atoms with E-state index in [-0.39, 0.29) is 5.91 Å². The molecular formula is C9H9BrClNO2. The molecule has 0 N–H and O–H groups in total. The molecule has 0 bridgehead atoms. The number of carbonyl (C=O) groups excluding carboxylic acids is 1. The lowest BCUT2D eigenvalue weighted by atomic mass is 10.2. The third kappa shape index (κ3) is 2.47. The lowest BCUT2D eigenvalue weighted by Crippen LogP contribution is -2.25. The maximum Gasteiger partial charge on any atom is 0.278 e. The molecule has 0 aromatic heterocycles. The third-order valence-corrected chi connectivity index (χ3v) is 2.65. The first-order chi connectivity index (χ1) is 6.56. The average Bonchev–Trinajstić information content (AvgIpc) is 2.19. The number of hydrogen-bond acceptors (Lipinski definition) is 2. The summed E-state index contributed by atoms with van der Waals surface area (Å²) in [5.41, 5.74) is 0.474. The van der Waals surface area contributed by atoms with Gasteiger partial charge in [-0.25, -0.2) is 5.06 Å². The smallest absolute Gasteiger partial charge is 0.274 e. The second-order valence-corrected chi connectivity index (χ2v) is 3.90. The standard InChI is InChI=1S/C9H9BrClNO2/c1-12(14-2)9(13)7-5-6(11)3-4-8(7)10/h3-5H,1-2H3. The summed E-state index contributed by atoms with van der Waals surface area (Å²) in [7, 11) is 2.96. The Hall–Kier alpha value is -0.580. The highest BCUT2D eigenvalue weighted by Gasteiger charge is 2.14. The van der Waals surface area contributed by atoms with Crippen molar-refractivity contribution in [3.63, 3.8) is 0 Å². The highest BCUT2D eigenvalue weighted by Crippen LogP contribution is 2.22. The molecule has 0 spiro atoms. The molecule has 3 nitrogen and oxygen atoms in total. The first-order valence-corrected chi connectivity index (χ1v) is 5.00. The zero-order valence-corrected chi connectivity index (χ0v) is 10.1. The van der Waals surface area contributed by atoms with Crippen molar-refractivity contribution >= 4 is 33.4 Å². The van der Waals surface area contributed by atoms with Crippen LogP contribution in [0.5, 0.6) is 0 Å². The Bertz CT molecular complexity index is 357. The van der Waals surface area contributed by atoms with E-state index in [4.69, 9.17) is 16.4 Å². The van der Waals surface area contributed by atoms with Crippen LogP contribution in [0.1, 0.15) is 10.4 Å². The van der Waals surface area contributed by atoms with Crippen LogP contribution in [0.3, 0.4) is 0 Å². The highest BCUT2D eigenvalue weighted by molar-refractivity contribution is 9.10. The molecule has 0 fully saturated rings. The number of halogens is 2. The summed E-state index contributed by atoms with van der Waals surface area (Å²) in [4.78, 5) is 16.4. The Morgan fingerprint density at radius 2 is 2.21 bits per heavy atom. The number of carbonyl (C=O) groups is 1. The van der Waals surface area contributed by atoms with Crippen LogP contribution in [-0.4, -0.2) is 25.1 Å². The van der Waals surface area contributed by atoms with E-state index in [1.54, 1.807) is 18.2 Å². The van der Waals surface area contributed by atoms with Crippen molar-refractivity contribution in [2.75, 3.05) is 14.2 Å². The molecular weight excluding hydrogens is 269 g/mol. The molecule has 0 aliphatic heterocycles. The quantitative estimate of drug-likeness (QED) is 0.779. The second-order valence-electron chi connectivity index (χ2n) is 2.61. The number of hydrogen-bond donors (Lipinski definition) is 0. The van der Waals surface area contributed by atoms with Crippen molar-refractivity contribution in [3.8, 4) is 0 Å². The van der Waals surface area contributed by atoms with Crippen molar-refractivity contribution in [1.29, 1.82) is 0 Å². The Balaban J connectivity index is 3.06. The number of amides is 1. The molecule has 14 heavy (non-hydrogen) atoms. The van der Waals surface area contributed by atoms with Gasteiger partial charge in [-0.15, -0.1) is 0 Å². The summed E-state index contributed by atoms with van der Waals surface area (Å²) in [6, 6.07) is 5.01. The molecule has 1 amide bonds. The molecule has 0 radical (unpaired) electrons. The van der Waals surface area contributed by atoms with Gasteiger partial charge in [-0.05, 0) is 34.1 Å². The Morgan fingerprint density at radius 3 is 2.79 bits per heavy atom. The maximum atomic E-state index is 11.7. The zero-order chi connectivity index (χ0) is 10.7. The molecule has 1 aromatic rings. The highest BCUT2D eigenvalue weighted by atomic mass is 79.9. The molecule has 76 valence electrons. The molecule has 5 heteroatoms. The fourth-order valence-electron chi connectivity index (χ4n) is 0.914. The number of hydroxylamine groups is 2. The average molecular weight is 279 g/mol. The fraction of sp³-hybridized carbons (Fsp3) is 0.222. The van der Waals surface area contributed by atoms with E-state index in [0.29, 0.717) is 15.1 Å². The number of benzene rings is 1. The van der Waals surface area contributed by atoms with E-state index in [1.807, 2.05) is 0 Å².